The third-order valence-corrected chi connectivity index (χ3v) is 8.53. The van der Waals surface area contributed by atoms with Crippen LogP contribution in [0.3, 0.4) is 0 Å². The largest absolute Gasteiger partial charge is 0.363 e. The van der Waals surface area contributed by atoms with E-state index in [2.05, 4.69) is 28.1 Å². The lowest BCUT2D eigenvalue weighted by Gasteiger charge is -2.41. The van der Waals surface area contributed by atoms with E-state index in [0.29, 0.717) is 31.6 Å². The minimum atomic E-state index is -3.29. The molecule has 3 aromatic rings. The van der Waals surface area contributed by atoms with Crippen LogP contribution in [0.1, 0.15) is 34.8 Å². The monoisotopic (exact) mass is 503 g/mol. The number of aromatic nitrogens is 1. The molecule has 0 aliphatic carbocycles. The van der Waals surface area contributed by atoms with Gasteiger partial charge in [0.1, 0.15) is 0 Å². The third-order valence-electron chi connectivity index (χ3n) is 7.23. The zero-order valence-corrected chi connectivity index (χ0v) is 21.1. The van der Waals surface area contributed by atoms with Crippen LogP contribution < -0.4 is 4.90 Å². The van der Waals surface area contributed by atoms with E-state index in [1.165, 1.54) is 10.6 Å². The molecule has 0 radical (unpaired) electrons. The van der Waals surface area contributed by atoms with Crippen LogP contribution in [0, 0.1) is 17.2 Å². The second-order valence-electron chi connectivity index (χ2n) is 9.46. The number of nitriles is 1. The van der Waals surface area contributed by atoms with Crippen molar-refractivity contribution in [3.63, 3.8) is 0 Å². The van der Waals surface area contributed by atoms with E-state index in [-0.39, 0.29) is 31.0 Å². The topological polar surface area (TPSA) is 97.6 Å². The molecule has 9 heteroatoms. The molecular formula is C27H29N5O3S. The summed E-state index contributed by atoms with van der Waals surface area (Å²) < 4.78 is 25.3. The van der Waals surface area contributed by atoms with Crippen molar-refractivity contribution in [2.45, 2.75) is 18.9 Å². The molecule has 2 aromatic carbocycles. The summed E-state index contributed by atoms with van der Waals surface area (Å²) in [6, 6.07) is 20.4. The number of anilines is 1. The average Bonchev–Trinajstić information content (AvgIpc) is 2.92. The van der Waals surface area contributed by atoms with E-state index in [1.807, 2.05) is 42.5 Å². The van der Waals surface area contributed by atoms with Gasteiger partial charge in [-0.2, -0.15) is 9.57 Å². The summed E-state index contributed by atoms with van der Waals surface area (Å²) in [6.45, 7) is 1.86. The average molecular weight is 504 g/mol. The molecule has 36 heavy (non-hydrogen) atoms. The van der Waals surface area contributed by atoms with E-state index >= 15 is 0 Å². The van der Waals surface area contributed by atoms with Gasteiger partial charge in [0.2, 0.25) is 10.0 Å². The van der Waals surface area contributed by atoms with Crippen LogP contribution in [0.15, 0.2) is 60.8 Å². The molecule has 2 atom stereocenters. The fourth-order valence-electron chi connectivity index (χ4n) is 5.33. The van der Waals surface area contributed by atoms with E-state index in [4.69, 9.17) is 0 Å². The molecule has 8 nitrogen and oxygen atoms in total. The number of carbonyl (C=O) groups is 1. The SMILES string of the molecule is CS(=O)(=O)N1CCN(C(=O)c2cnc3ccccc3c2N2CCC(C#N)CC2c2ccccc2)CC1. The van der Waals surface area contributed by atoms with Crippen molar-refractivity contribution in [1.29, 1.82) is 5.26 Å². The second-order valence-corrected chi connectivity index (χ2v) is 11.4. The Morgan fingerprint density at radius 3 is 2.39 bits per heavy atom. The van der Waals surface area contributed by atoms with Crippen LogP contribution in [0.25, 0.3) is 10.9 Å². The Balaban J connectivity index is 1.57. The predicted octanol–water partition coefficient (Wildman–Crippen LogP) is 3.43. The Kier molecular flexibility index (Phi) is 6.65. The molecule has 186 valence electrons. The Labute approximate surface area is 211 Å². The van der Waals surface area contributed by atoms with Gasteiger partial charge in [0.25, 0.3) is 5.91 Å². The normalized spacial score (nSPS) is 21.3. The number of fused-ring (bicyclic) bond motifs is 1. The van der Waals surface area contributed by atoms with Crippen molar-refractivity contribution >= 4 is 32.5 Å². The van der Waals surface area contributed by atoms with Gasteiger partial charge in [0, 0.05) is 44.3 Å². The second kappa shape index (κ2) is 9.88. The summed E-state index contributed by atoms with van der Waals surface area (Å²) in [4.78, 5) is 22.5. The number of benzene rings is 2. The van der Waals surface area contributed by atoms with Crippen LogP contribution in [-0.2, 0) is 10.0 Å². The van der Waals surface area contributed by atoms with Crippen molar-refractivity contribution in [2.24, 2.45) is 5.92 Å². The molecule has 0 N–H and O–H groups in total. The Bertz CT molecular complexity index is 1410. The summed E-state index contributed by atoms with van der Waals surface area (Å²) in [5, 5.41) is 10.6. The molecule has 2 fully saturated rings. The van der Waals surface area contributed by atoms with E-state index in [0.717, 1.165) is 28.6 Å². The van der Waals surface area contributed by atoms with Gasteiger partial charge in [-0.3, -0.25) is 9.78 Å². The number of sulfonamides is 1. The smallest absolute Gasteiger partial charge is 0.257 e. The Morgan fingerprint density at radius 2 is 1.69 bits per heavy atom. The summed E-state index contributed by atoms with van der Waals surface area (Å²) >= 11 is 0. The zero-order chi connectivity index (χ0) is 25.3. The molecule has 1 amide bonds. The van der Waals surface area contributed by atoms with Crippen molar-refractivity contribution in [3.05, 3.63) is 71.9 Å². The van der Waals surface area contributed by atoms with Gasteiger partial charge >= 0.3 is 0 Å². The Morgan fingerprint density at radius 1 is 1.00 bits per heavy atom. The van der Waals surface area contributed by atoms with Crippen LogP contribution in [0.2, 0.25) is 0 Å². The van der Waals surface area contributed by atoms with Gasteiger partial charge < -0.3 is 9.80 Å². The van der Waals surface area contributed by atoms with Crippen LogP contribution in [-0.4, -0.2) is 67.5 Å². The van der Waals surface area contributed by atoms with Crippen LogP contribution in [0.5, 0.6) is 0 Å². The first-order chi connectivity index (χ1) is 17.4. The van der Waals surface area contributed by atoms with Crippen molar-refractivity contribution in [1.82, 2.24) is 14.2 Å². The molecule has 0 bridgehead atoms. The first-order valence-electron chi connectivity index (χ1n) is 12.2. The molecule has 0 spiro atoms. The van der Waals surface area contributed by atoms with E-state index in [1.54, 1.807) is 11.1 Å². The maximum absolute atomic E-state index is 13.9. The standard InChI is InChI=1S/C27H29N5O3S/c1-36(34,35)31-15-13-30(14-16-31)27(33)23-19-29-24-10-6-5-9-22(24)26(23)32-12-11-20(18-28)17-25(32)21-7-3-2-4-8-21/h2-10,19-20,25H,11-17H2,1H3. The Hall–Kier alpha value is -3.48. The maximum atomic E-state index is 13.9. The summed E-state index contributed by atoms with van der Waals surface area (Å²) in [5.74, 6) is -0.201. The summed E-state index contributed by atoms with van der Waals surface area (Å²) in [6.07, 6.45) is 4.25. The van der Waals surface area contributed by atoms with Crippen LogP contribution >= 0.6 is 0 Å². The highest BCUT2D eigenvalue weighted by atomic mass is 32.2. The van der Waals surface area contributed by atoms with E-state index < -0.39 is 10.0 Å². The number of para-hydroxylation sites is 1. The van der Waals surface area contributed by atoms with Gasteiger partial charge in [-0.05, 0) is 24.5 Å². The highest BCUT2D eigenvalue weighted by molar-refractivity contribution is 7.88. The zero-order valence-electron chi connectivity index (χ0n) is 20.2. The van der Waals surface area contributed by atoms with Gasteiger partial charge in [-0.25, -0.2) is 8.42 Å². The number of rotatable bonds is 4. The third kappa shape index (κ3) is 4.66. The van der Waals surface area contributed by atoms with Gasteiger partial charge in [-0.1, -0.05) is 48.5 Å². The molecule has 2 saturated heterocycles. The van der Waals surface area contributed by atoms with Gasteiger partial charge in [0.15, 0.2) is 0 Å². The lowest BCUT2D eigenvalue weighted by Crippen LogP contribution is -2.50. The number of piperidine rings is 1. The number of hydrogen-bond donors (Lipinski definition) is 0. The van der Waals surface area contributed by atoms with Crippen LogP contribution in [0.4, 0.5) is 5.69 Å². The first-order valence-corrected chi connectivity index (χ1v) is 14.0. The molecule has 2 unspecified atom stereocenters. The fourth-order valence-corrected chi connectivity index (χ4v) is 6.15. The maximum Gasteiger partial charge on any atom is 0.257 e. The minimum Gasteiger partial charge on any atom is -0.363 e. The molecule has 0 saturated carbocycles. The van der Waals surface area contributed by atoms with Crippen molar-refractivity contribution < 1.29 is 13.2 Å². The lowest BCUT2D eigenvalue weighted by atomic mass is 9.86. The number of amides is 1. The van der Waals surface area contributed by atoms with E-state index in [9.17, 15) is 18.5 Å². The quantitative estimate of drug-likeness (QED) is 0.541. The van der Waals surface area contributed by atoms with Gasteiger partial charge in [-0.15, -0.1) is 0 Å². The highest BCUT2D eigenvalue weighted by Gasteiger charge is 2.35. The number of pyridine rings is 1. The van der Waals surface area contributed by atoms with Gasteiger partial charge in [0.05, 0.1) is 41.1 Å². The molecular weight excluding hydrogens is 474 g/mol. The molecule has 2 aliphatic heterocycles. The highest BCUT2D eigenvalue weighted by Crippen LogP contribution is 2.42. The molecule has 5 rings (SSSR count). The predicted molar refractivity (Wildman–Crippen MR) is 139 cm³/mol. The van der Waals surface area contributed by atoms with Crippen molar-refractivity contribution in [3.8, 4) is 6.07 Å². The minimum absolute atomic E-state index is 0.0518. The lowest BCUT2D eigenvalue weighted by molar-refractivity contribution is 0.0698. The molecule has 2 aliphatic rings. The fraction of sp³-hybridized carbons (Fsp3) is 0.370. The first kappa shape index (κ1) is 24.2. The summed E-state index contributed by atoms with van der Waals surface area (Å²) in [5.41, 5.74) is 3.26. The number of carbonyl (C=O) groups excluding carboxylic acids is 1. The number of hydrogen-bond acceptors (Lipinski definition) is 6. The molecule has 3 heterocycles. The van der Waals surface area contributed by atoms with Crippen molar-refractivity contribution in [2.75, 3.05) is 43.9 Å². The number of nitrogens with zero attached hydrogens (tertiary/aromatic N) is 5. The summed E-state index contributed by atoms with van der Waals surface area (Å²) in [7, 11) is -3.29. The number of piperazine rings is 1. The molecule has 1 aromatic heterocycles.